The minimum atomic E-state index is -0.851. The van der Waals surface area contributed by atoms with Crippen LogP contribution >= 0.6 is 0 Å². The largest absolute Gasteiger partial charge is 0.508 e. The minimum absolute atomic E-state index is 0.212. The zero-order valence-corrected chi connectivity index (χ0v) is 7.14. The Balaban J connectivity index is 2.49. The fraction of sp³-hybridized carbons (Fsp3) is 0.400. The summed E-state index contributed by atoms with van der Waals surface area (Å²) in [5.41, 5.74) is 1.42. The van der Waals surface area contributed by atoms with Crippen molar-refractivity contribution in [2.24, 2.45) is 0 Å². The van der Waals surface area contributed by atoms with Gasteiger partial charge in [-0.1, -0.05) is 12.1 Å². The Morgan fingerprint density at radius 3 is 2.77 bits per heavy atom. The van der Waals surface area contributed by atoms with Crippen LogP contribution in [0.4, 0.5) is 0 Å². The lowest BCUT2D eigenvalue weighted by atomic mass is 9.87. The number of rotatable bonds is 0. The van der Waals surface area contributed by atoms with Gasteiger partial charge in [-0.05, 0) is 30.0 Å². The molecule has 70 valence electrons. The van der Waals surface area contributed by atoms with E-state index in [1.807, 2.05) is 0 Å². The summed E-state index contributed by atoms with van der Waals surface area (Å²) in [6, 6.07) is 5.01. The summed E-state index contributed by atoms with van der Waals surface area (Å²) < 4.78 is 0. The number of phenols is 1. The van der Waals surface area contributed by atoms with Gasteiger partial charge in [-0.25, -0.2) is 0 Å². The van der Waals surface area contributed by atoms with E-state index in [9.17, 15) is 15.3 Å². The second kappa shape index (κ2) is 3.01. The second-order valence-electron chi connectivity index (χ2n) is 3.40. The zero-order valence-electron chi connectivity index (χ0n) is 7.14. The van der Waals surface area contributed by atoms with Crippen LogP contribution in [-0.2, 0) is 6.42 Å². The topological polar surface area (TPSA) is 60.7 Å². The predicted octanol–water partition coefficient (Wildman–Crippen LogP) is 0.733. The first-order valence-electron chi connectivity index (χ1n) is 4.37. The lowest BCUT2D eigenvalue weighted by Gasteiger charge is -2.26. The predicted molar refractivity (Wildman–Crippen MR) is 47.4 cm³/mol. The van der Waals surface area contributed by atoms with Crippen molar-refractivity contribution < 1.29 is 15.3 Å². The van der Waals surface area contributed by atoms with Gasteiger partial charge < -0.3 is 15.3 Å². The molecule has 0 saturated heterocycles. The van der Waals surface area contributed by atoms with Crippen LogP contribution in [0.5, 0.6) is 5.75 Å². The molecule has 0 fully saturated rings. The minimum Gasteiger partial charge on any atom is -0.508 e. The van der Waals surface area contributed by atoms with Crippen LogP contribution in [0.2, 0.25) is 0 Å². The van der Waals surface area contributed by atoms with Gasteiger partial charge in [0.25, 0.3) is 0 Å². The number of fused-ring (bicyclic) bond motifs is 1. The number of phenolic OH excluding ortho intramolecular Hbond substituents is 1. The Labute approximate surface area is 76.3 Å². The molecule has 1 aliphatic carbocycles. The third-order valence-electron chi connectivity index (χ3n) is 2.56. The standard InChI is InChI=1S/C10H12O3/c11-8-3-1-2-7-6(8)4-5-9(12)10(7)13/h1-3,9-13H,4-5H2. The van der Waals surface area contributed by atoms with Crippen LogP contribution in [-0.4, -0.2) is 21.4 Å². The molecule has 0 bridgehead atoms. The first-order valence-corrected chi connectivity index (χ1v) is 4.37. The number of benzene rings is 1. The van der Waals surface area contributed by atoms with Crippen LogP contribution in [0.15, 0.2) is 18.2 Å². The van der Waals surface area contributed by atoms with Gasteiger partial charge in [-0.15, -0.1) is 0 Å². The molecule has 1 aromatic rings. The highest BCUT2D eigenvalue weighted by Crippen LogP contribution is 2.34. The molecular weight excluding hydrogens is 168 g/mol. The number of aromatic hydroxyl groups is 1. The van der Waals surface area contributed by atoms with Crippen LogP contribution in [0.1, 0.15) is 23.7 Å². The highest BCUT2D eigenvalue weighted by Gasteiger charge is 2.27. The van der Waals surface area contributed by atoms with Gasteiger partial charge >= 0.3 is 0 Å². The Kier molecular flexibility index (Phi) is 1.98. The monoisotopic (exact) mass is 180 g/mol. The van der Waals surface area contributed by atoms with Crippen molar-refractivity contribution in [3.05, 3.63) is 29.3 Å². The second-order valence-corrected chi connectivity index (χ2v) is 3.40. The number of aliphatic hydroxyl groups excluding tert-OH is 2. The maximum atomic E-state index is 9.59. The molecule has 2 atom stereocenters. The smallest absolute Gasteiger partial charge is 0.119 e. The van der Waals surface area contributed by atoms with E-state index in [4.69, 9.17) is 0 Å². The van der Waals surface area contributed by atoms with Gasteiger partial charge in [-0.2, -0.15) is 0 Å². The molecule has 2 rings (SSSR count). The lowest BCUT2D eigenvalue weighted by molar-refractivity contribution is 0.00614. The van der Waals surface area contributed by atoms with Gasteiger partial charge in [0.1, 0.15) is 11.9 Å². The van der Waals surface area contributed by atoms with Gasteiger partial charge in [0.2, 0.25) is 0 Å². The third kappa shape index (κ3) is 1.30. The van der Waals surface area contributed by atoms with Crippen LogP contribution in [0, 0.1) is 0 Å². The SMILES string of the molecule is Oc1cccc2c1CCC(O)C2O. The maximum absolute atomic E-state index is 9.59. The molecule has 3 heteroatoms. The first kappa shape index (κ1) is 8.53. The number of hydrogen-bond donors (Lipinski definition) is 3. The molecule has 0 aliphatic heterocycles. The van der Waals surface area contributed by atoms with Crippen molar-refractivity contribution in [1.29, 1.82) is 0 Å². The average molecular weight is 180 g/mol. The summed E-state index contributed by atoms with van der Waals surface area (Å²) in [6.45, 7) is 0. The lowest BCUT2D eigenvalue weighted by Crippen LogP contribution is -2.24. The molecule has 3 nitrogen and oxygen atoms in total. The van der Waals surface area contributed by atoms with Gasteiger partial charge in [0.15, 0.2) is 0 Å². The van der Waals surface area contributed by atoms with E-state index in [1.165, 1.54) is 0 Å². The number of hydrogen-bond acceptors (Lipinski definition) is 3. The molecule has 0 aromatic heterocycles. The maximum Gasteiger partial charge on any atom is 0.119 e. The van der Waals surface area contributed by atoms with Crippen molar-refractivity contribution in [2.45, 2.75) is 25.0 Å². The van der Waals surface area contributed by atoms with E-state index in [1.54, 1.807) is 18.2 Å². The highest BCUT2D eigenvalue weighted by atomic mass is 16.3. The van der Waals surface area contributed by atoms with E-state index >= 15 is 0 Å². The molecular formula is C10H12O3. The summed E-state index contributed by atoms with van der Waals surface area (Å²) >= 11 is 0. The molecule has 1 aliphatic rings. The summed E-state index contributed by atoms with van der Waals surface area (Å²) in [6.07, 6.45) is -0.420. The molecule has 3 N–H and O–H groups in total. The quantitative estimate of drug-likeness (QED) is 0.551. The van der Waals surface area contributed by atoms with Crippen LogP contribution in [0.3, 0.4) is 0 Å². The molecule has 0 heterocycles. The van der Waals surface area contributed by atoms with E-state index in [2.05, 4.69) is 0 Å². The van der Waals surface area contributed by atoms with Gasteiger partial charge in [0.05, 0.1) is 6.10 Å². The first-order chi connectivity index (χ1) is 6.20. The van der Waals surface area contributed by atoms with Crippen molar-refractivity contribution in [2.75, 3.05) is 0 Å². The Bertz CT molecular complexity index is 322. The summed E-state index contributed by atoms with van der Waals surface area (Å²) in [4.78, 5) is 0. The fourth-order valence-corrected chi connectivity index (χ4v) is 1.80. The Morgan fingerprint density at radius 1 is 1.23 bits per heavy atom. The Morgan fingerprint density at radius 2 is 2.00 bits per heavy atom. The average Bonchev–Trinajstić information content (AvgIpc) is 2.12. The molecule has 0 spiro atoms. The van der Waals surface area contributed by atoms with E-state index in [0.29, 0.717) is 18.4 Å². The van der Waals surface area contributed by atoms with Crippen LogP contribution < -0.4 is 0 Å². The van der Waals surface area contributed by atoms with Gasteiger partial charge in [0, 0.05) is 0 Å². The molecule has 0 amide bonds. The van der Waals surface area contributed by atoms with Crippen molar-refractivity contribution in [3.8, 4) is 5.75 Å². The molecule has 1 aromatic carbocycles. The van der Waals surface area contributed by atoms with Gasteiger partial charge in [-0.3, -0.25) is 0 Å². The highest BCUT2D eigenvalue weighted by molar-refractivity contribution is 5.42. The summed E-state index contributed by atoms with van der Waals surface area (Å²) in [5.74, 6) is 0.212. The van der Waals surface area contributed by atoms with Crippen molar-refractivity contribution >= 4 is 0 Å². The van der Waals surface area contributed by atoms with E-state index < -0.39 is 12.2 Å². The third-order valence-corrected chi connectivity index (χ3v) is 2.56. The fourth-order valence-electron chi connectivity index (χ4n) is 1.80. The summed E-state index contributed by atoms with van der Waals surface area (Å²) in [5, 5.41) is 28.4. The van der Waals surface area contributed by atoms with Crippen molar-refractivity contribution in [3.63, 3.8) is 0 Å². The van der Waals surface area contributed by atoms with E-state index in [-0.39, 0.29) is 5.75 Å². The van der Waals surface area contributed by atoms with Crippen LogP contribution in [0.25, 0.3) is 0 Å². The Hall–Kier alpha value is -1.06. The van der Waals surface area contributed by atoms with E-state index in [0.717, 1.165) is 5.56 Å². The summed E-state index contributed by atoms with van der Waals surface area (Å²) in [7, 11) is 0. The van der Waals surface area contributed by atoms with Crippen molar-refractivity contribution in [1.82, 2.24) is 0 Å². The molecule has 0 saturated carbocycles. The molecule has 13 heavy (non-hydrogen) atoms. The number of aliphatic hydroxyl groups is 2. The normalized spacial score (nSPS) is 26.9. The molecule has 0 radical (unpaired) electrons. The molecule has 2 unspecified atom stereocenters. The zero-order chi connectivity index (χ0) is 9.42.